The summed E-state index contributed by atoms with van der Waals surface area (Å²) in [7, 11) is 0. The Kier molecular flexibility index (Phi) is 5.43. The van der Waals surface area contributed by atoms with Crippen LogP contribution in [0.25, 0.3) is 16.0 Å². The smallest absolute Gasteiger partial charge is 0.253 e. The van der Waals surface area contributed by atoms with Gasteiger partial charge in [0.1, 0.15) is 0 Å². The summed E-state index contributed by atoms with van der Waals surface area (Å²) >= 11 is 1.70. The zero-order valence-corrected chi connectivity index (χ0v) is 19.5. The molecule has 2 aromatic heterocycles. The largest absolute Gasteiger partial charge is 0.346 e. The van der Waals surface area contributed by atoms with E-state index in [1.54, 1.807) is 11.3 Å². The van der Waals surface area contributed by atoms with Crippen molar-refractivity contribution in [3.63, 3.8) is 0 Å². The number of carbonyl (C=O) groups is 1. The maximum absolute atomic E-state index is 13.0. The van der Waals surface area contributed by atoms with Gasteiger partial charge in [-0.3, -0.25) is 4.79 Å². The van der Waals surface area contributed by atoms with Crippen LogP contribution in [-0.2, 0) is 0 Å². The van der Waals surface area contributed by atoms with E-state index < -0.39 is 0 Å². The molecule has 0 bridgehead atoms. The van der Waals surface area contributed by atoms with Gasteiger partial charge in [0.2, 0.25) is 0 Å². The molecule has 3 heterocycles. The number of hydrogen-bond acceptors (Lipinski definition) is 5. The van der Waals surface area contributed by atoms with Crippen LogP contribution in [0.4, 0.5) is 5.13 Å². The van der Waals surface area contributed by atoms with Crippen LogP contribution < -0.4 is 4.90 Å². The molecule has 6 nitrogen and oxygen atoms in total. The number of rotatable bonds is 3. The third kappa shape index (κ3) is 3.88. The van der Waals surface area contributed by atoms with Gasteiger partial charge in [-0.2, -0.15) is 10.1 Å². The average molecular weight is 446 g/mol. The monoisotopic (exact) mass is 445 g/mol. The molecule has 0 radical (unpaired) electrons. The van der Waals surface area contributed by atoms with E-state index in [0.29, 0.717) is 6.54 Å². The second kappa shape index (κ2) is 8.39. The fraction of sp³-hybridized carbons (Fsp3) is 0.320. The van der Waals surface area contributed by atoms with Gasteiger partial charge in [0.25, 0.3) is 5.91 Å². The number of amides is 1. The molecule has 1 aliphatic rings. The van der Waals surface area contributed by atoms with Crippen molar-refractivity contribution >= 4 is 32.7 Å². The van der Waals surface area contributed by atoms with Gasteiger partial charge in [-0.15, -0.1) is 0 Å². The highest BCUT2D eigenvalue weighted by Gasteiger charge is 2.23. The minimum Gasteiger partial charge on any atom is -0.346 e. The molecule has 1 amide bonds. The van der Waals surface area contributed by atoms with Crippen molar-refractivity contribution in [2.24, 2.45) is 0 Å². The normalized spacial score (nSPS) is 14.7. The maximum Gasteiger partial charge on any atom is 0.253 e. The number of nitrogens with zero attached hydrogens (tertiary/aromatic N) is 5. The van der Waals surface area contributed by atoms with Gasteiger partial charge in [0.05, 0.1) is 16.1 Å². The first-order valence-corrected chi connectivity index (χ1v) is 11.9. The lowest BCUT2D eigenvalue weighted by Gasteiger charge is -2.21. The van der Waals surface area contributed by atoms with Crippen LogP contribution in [0.3, 0.4) is 0 Å². The number of thiazole rings is 1. The van der Waals surface area contributed by atoms with E-state index in [9.17, 15) is 4.79 Å². The molecule has 0 unspecified atom stereocenters. The van der Waals surface area contributed by atoms with E-state index in [1.807, 2.05) is 47.7 Å². The SMILES string of the molecule is Cc1ccc(C(=O)N2CCCN(c3nc4c(s3)c(C)nn4-c3cccc(C)c3)CC2)cc1. The lowest BCUT2D eigenvalue weighted by Crippen LogP contribution is -2.35. The summed E-state index contributed by atoms with van der Waals surface area (Å²) in [5.74, 6) is 0.113. The first-order chi connectivity index (χ1) is 15.5. The molecule has 0 spiro atoms. The van der Waals surface area contributed by atoms with Gasteiger partial charge in [0, 0.05) is 31.7 Å². The Bertz CT molecular complexity index is 1270. The third-order valence-electron chi connectivity index (χ3n) is 5.98. The van der Waals surface area contributed by atoms with Crippen molar-refractivity contribution in [2.45, 2.75) is 27.2 Å². The summed E-state index contributed by atoms with van der Waals surface area (Å²) in [4.78, 5) is 22.2. The molecule has 5 rings (SSSR count). The molecule has 7 heteroatoms. The first kappa shape index (κ1) is 20.7. The molecule has 164 valence electrons. The standard InChI is InChI=1S/C25H27N5OS/c1-17-8-10-20(11-9-17)24(31)28-12-5-13-29(15-14-28)25-26-23-22(32-25)19(3)27-30(23)21-7-4-6-18(2)16-21/h4,6-11,16H,5,12-15H2,1-3H3. The van der Waals surface area contributed by atoms with Crippen molar-refractivity contribution in [2.75, 3.05) is 31.1 Å². The van der Waals surface area contributed by atoms with Crippen molar-refractivity contribution in [1.29, 1.82) is 0 Å². The summed E-state index contributed by atoms with van der Waals surface area (Å²) in [6.07, 6.45) is 0.927. The average Bonchev–Trinajstić information content (AvgIpc) is 3.25. The Morgan fingerprint density at radius 2 is 1.75 bits per heavy atom. The predicted octanol–water partition coefficient (Wildman–Crippen LogP) is 4.76. The molecular formula is C25H27N5OS. The zero-order valence-electron chi connectivity index (χ0n) is 18.7. The topological polar surface area (TPSA) is 54.3 Å². The number of hydrogen-bond donors (Lipinski definition) is 0. The van der Waals surface area contributed by atoms with Crippen LogP contribution in [0.15, 0.2) is 48.5 Å². The Balaban J connectivity index is 1.37. The highest BCUT2D eigenvalue weighted by Crippen LogP contribution is 2.33. The Hall–Kier alpha value is -3.19. The second-order valence-corrected chi connectivity index (χ2v) is 9.46. The Morgan fingerprint density at radius 3 is 2.53 bits per heavy atom. The molecule has 2 aromatic carbocycles. The van der Waals surface area contributed by atoms with Gasteiger partial charge in [-0.25, -0.2) is 4.68 Å². The molecule has 1 saturated heterocycles. The molecule has 32 heavy (non-hydrogen) atoms. The van der Waals surface area contributed by atoms with Crippen LogP contribution in [0.2, 0.25) is 0 Å². The van der Waals surface area contributed by atoms with Crippen LogP contribution in [0.5, 0.6) is 0 Å². The summed E-state index contributed by atoms with van der Waals surface area (Å²) in [6.45, 7) is 9.31. The predicted molar refractivity (Wildman–Crippen MR) is 130 cm³/mol. The van der Waals surface area contributed by atoms with E-state index in [2.05, 4.69) is 36.1 Å². The van der Waals surface area contributed by atoms with Gasteiger partial charge in [0.15, 0.2) is 10.8 Å². The van der Waals surface area contributed by atoms with Gasteiger partial charge >= 0.3 is 0 Å². The highest BCUT2D eigenvalue weighted by molar-refractivity contribution is 7.22. The van der Waals surface area contributed by atoms with E-state index in [4.69, 9.17) is 10.1 Å². The number of anilines is 1. The van der Waals surface area contributed by atoms with Crippen molar-refractivity contribution < 1.29 is 4.79 Å². The second-order valence-electron chi connectivity index (χ2n) is 8.48. The van der Waals surface area contributed by atoms with Gasteiger partial charge < -0.3 is 9.80 Å². The van der Waals surface area contributed by atoms with Crippen LogP contribution in [0.1, 0.15) is 33.6 Å². The lowest BCUT2D eigenvalue weighted by molar-refractivity contribution is 0.0767. The molecule has 0 aliphatic carbocycles. The van der Waals surface area contributed by atoms with Crippen molar-refractivity contribution in [1.82, 2.24) is 19.7 Å². The van der Waals surface area contributed by atoms with E-state index in [1.165, 1.54) is 11.1 Å². The number of fused-ring (bicyclic) bond motifs is 1. The van der Waals surface area contributed by atoms with E-state index in [0.717, 1.165) is 58.5 Å². The zero-order chi connectivity index (χ0) is 22.2. The quantitative estimate of drug-likeness (QED) is 0.456. The Morgan fingerprint density at radius 1 is 0.938 bits per heavy atom. The molecule has 1 aliphatic heterocycles. The number of aromatic nitrogens is 3. The summed E-state index contributed by atoms with van der Waals surface area (Å²) < 4.78 is 3.07. The lowest BCUT2D eigenvalue weighted by atomic mass is 10.1. The van der Waals surface area contributed by atoms with Crippen LogP contribution in [0, 0.1) is 20.8 Å². The molecular weight excluding hydrogens is 418 g/mol. The first-order valence-electron chi connectivity index (χ1n) is 11.0. The van der Waals surface area contributed by atoms with E-state index >= 15 is 0 Å². The minimum absolute atomic E-state index is 0.113. The van der Waals surface area contributed by atoms with Crippen molar-refractivity contribution in [3.8, 4) is 5.69 Å². The summed E-state index contributed by atoms with van der Waals surface area (Å²) in [5.41, 5.74) is 6.06. The molecule has 0 atom stereocenters. The molecule has 1 fully saturated rings. The highest BCUT2D eigenvalue weighted by atomic mass is 32.1. The Labute approximate surface area is 192 Å². The number of carbonyl (C=O) groups excluding carboxylic acids is 1. The van der Waals surface area contributed by atoms with Crippen LogP contribution >= 0.6 is 11.3 Å². The van der Waals surface area contributed by atoms with Gasteiger partial charge in [-0.1, -0.05) is 41.2 Å². The summed E-state index contributed by atoms with van der Waals surface area (Å²) in [5, 5.41) is 5.74. The fourth-order valence-corrected chi connectivity index (χ4v) is 5.23. The number of benzene rings is 2. The molecule has 0 N–H and O–H groups in total. The number of aryl methyl sites for hydroxylation is 3. The summed E-state index contributed by atoms with van der Waals surface area (Å²) in [6, 6.07) is 16.2. The van der Waals surface area contributed by atoms with Crippen molar-refractivity contribution in [3.05, 3.63) is 70.9 Å². The molecule has 0 saturated carbocycles. The maximum atomic E-state index is 13.0. The van der Waals surface area contributed by atoms with Crippen LogP contribution in [-0.4, -0.2) is 51.8 Å². The minimum atomic E-state index is 0.113. The third-order valence-corrected chi connectivity index (χ3v) is 7.19. The van der Waals surface area contributed by atoms with E-state index in [-0.39, 0.29) is 5.91 Å². The fourth-order valence-electron chi connectivity index (χ4n) is 4.19. The van der Waals surface area contributed by atoms with Gasteiger partial charge in [-0.05, 0) is 57.0 Å². The molecule has 4 aromatic rings.